The number of H-pyrrole nitrogens is 1. The van der Waals surface area contributed by atoms with E-state index in [1.54, 1.807) is 24.4 Å². The molecule has 0 unspecified atom stereocenters. The van der Waals surface area contributed by atoms with E-state index in [4.69, 9.17) is 5.73 Å². The van der Waals surface area contributed by atoms with Crippen molar-refractivity contribution in [3.63, 3.8) is 0 Å². The number of rotatable bonds is 2. The number of hydrogen-bond donors (Lipinski definition) is 3. The summed E-state index contributed by atoms with van der Waals surface area (Å²) < 4.78 is 1.34. The highest BCUT2D eigenvalue weighted by Crippen LogP contribution is 2.12. The highest BCUT2D eigenvalue weighted by Gasteiger charge is 2.10. The third-order valence-corrected chi connectivity index (χ3v) is 2.98. The number of benzene rings is 1. The Morgan fingerprint density at radius 1 is 1.38 bits per heavy atom. The summed E-state index contributed by atoms with van der Waals surface area (Å²) in [4.78, 5) is 30.4. The number of carbonyl (C=O) groups is 1. The number of aromatic nitrogens is 4. The van der Waals surface area contributed by atoms with Crippen LogP contribution in [0.5, 0.6) is 0 Å². The first-order valence-corrected chi connectivity index (χ1v) is 6.16. The van der Waals surface area contributed by atoms with Gasteiger partial charge in [0, 0.05) is 18.9 Å². The second-order valence-corrected chi connectivity index (χ2v) is 4.39. The molecule has 0 radical (unpaired) electrons. The Hall–Kier alpha value is -3.16. The second-order valence-electron chi connectivity index (χ2n) is 4.39. The van der Waals surface area contributed by atoms with Gasteiger partial charge >= 0.3 is 0 Å². The summed E-state index contributed by atoms with van der Waals surface area (Å²) in [6.45, 7) is 0. The molecule has 21 heavy (non-hydrogen) atoms. The van der Waals surface area contributed by atoms with E-state index in [0.717, 1.165) is 0 Å². The topological polar surface area (TPSA) is 119 Å². The molecular weight excluding hydrogens is 272 g/mol. The maximum absolute atomic E-state index is 12.1. The molecule has 1 amide bonds. The van der Waals surface area contributed by atoms with Crippen molar-refractivity contribution in [1.29, 1.82) is 0 Å². The molecule has 2 heterocycles. The molecule has 0 aliphatic carbocycles. The number of carbonyl (C=O) groups excluding carboxylic acids is 1. The fourth-order valence-corrected chi connectivity index (χ4v) is 1.94. The number of fused-ring (bicyclic) bond motifs is 1. The lowest BCUT2D eigenvalue weighted by Crippen LogP contribution is -2.19. The van der Waals surface area contributed by atoms with Crippen LogP contribution in [0.25, 0.3) is 16.9 Å². The molecule has 0 aliphatic heterocycles. The number of nitrogens with zero attached hydrogens (tertiary/aromatic N) is 3. The number of anilines is 1. The summed E-state index contributed by atoms with van der Waals surface area (Å²) in [5.74, 6) is -0.0860. The molecule has 0 bridgehead atoms. The third-order valence-electron chi connectivity index (χ3n) is 2.98. The van der Waals surface area contributed by atoms with Gasteiger partial charge in [-0.25, -0.2) is 9.67 Å². The average Bonchev–Trinajstić information content (AvgIpc) is 2.97. The first kappa shape index (κ1) is 12.9. The monoisotopic (exact) mass is 284 g/mol. The van der Waals surface area contributed by atoms with E-state index in [9.17, 15) is 9.59 Å². The maximum Gasteiger partial charge on any atom is 0.271 e. The van der Waals surface area contributed by atoms with Crippen molar-refractivity contribution >= 4 is 22.5 Å². The van der Waals surface area contributed by atoms with Gasteiger partial charge in [0.05, 0.1) is 10.9 Å². The molecule has 8 heteroatoms. The van der Waals surface area contributed by atoms with Gasteiger partial charge < -0.3 is 11.1 Å². The van der Waals surface area contributed by atoms with Crippen molar-refractivity contribution in [3.8, 4) is 5.95 Å². The lowest BCUT2D eigenvalue weighted by atomic mass is 10.2. The number of nitrogens with two attached hydrogens (primary N) is 1. The number of hydrogen-bond acceptors (Lipinski definition) is 5. The van der Waals surface area contributed by atoms with Crippen molar-refractivity contribution < 1.29 is 4.79 Å². The largest absolute Gasteiger partial charge is 0.399 e. The Labute approximate surface area is 118 Å². The zero-order chi connectivity index (χ0) is 15.0. The van der Waals surface area contributed by atoms with Gasteiger partial charge in [0.1, 0.15) is 0 Å². The lowest BCUT2D eigenvalue weighted by molar-refractivity contribution is 0.0957. The highest BCUT2D eigenvalue weighted by molar-refractivity contribution is 5.91. The van der Waals surface area contributed by atoms with Gasteiger partial charge in [-0.2, -0.15) is 5.10 Å². The van der Waals surface area contributed by atoms with Gasteiger partial charge in [-0.1, -0.05) is 0 Å². The molecule has 8 nitrogen and oxygen atoms in total. The van der Waals surface area contributed by atoms with E-state index < -0.39 is 0 Å². The van der Waals surface area contributed by atoms with Crippen LogP contribution >= 0.6 is 0 Å². The van der Waals surface area contributed by atoms with E-state index in [-0.39, 0.29) is 23.1 Å². The summed E-state index contributed by atoms with van der Waals surface area (Å²) in [6.07, 6.45) is 1.55. The molecule has 3 rings (SSSR count). The van der Waals surface area contributed by atoms with Crippen molar-refractivity contribution in [2.75, 3.05) is 12.8 Å². The quantitative estimate of drug-likeness (QED) is 0.574. The van der Waals surface area contributed by atoms with Crippen LogP contribution in [-0.4, -0.2) is 32.7 Å². The molecule has 3 aromatic rings. The van der Waals surface area contributed by atoms with Gasteiger partial charge in [-0.05, 0) is 24.3 Å². The average molecular weight is 284 g/mol. The normalized spacial score (nSPS) is 10.7. The van der Waals surface area contributed by atoms with Gasteiger partial charge in [0.2, 0.25) is 5.95 Å². The van der Waals surface area contributed by atoms with Crippen molar-refractivity contribution in [1.82, 2.24) is 25.1 Å². The summed E-state index contributed by atoms with van der Waals surface area (Å²) in [7, 11) is 1.52. The van der Waals surface area contributed by atoms with Crippen molar-refractivity contribution in [3.05, 3.63) is 46.5 Å². The second kappa shape index (κ2) is 4.75. The molecular formula is C13H12N6O2. The van der Waals surface area contributed by atoms with Crippen LogP contribution in [-0.2, 0) is 0 Å². The minimum atomic E-state index is -0.320. The Bertz CT molecular complexity index is 895. The van der Waals surface area contributed by atoms with Crippen LogP contribution in [0, 0.1) is 0 Å². The molecule has 106 valence electrons. The van der Waals surface area contributed by atoms with Crippen LogP contribution in [0.2, 0.25) is 0 Å². The third kappa shape index (κ3) is 2.22. The number of nitrogen functional groups attached to an aromatic ring is 1. The summed E-state index contributed by atoms with van der Waals surface area (Å²) in [5, 5.41) is 6.94. The predicted molar refractivity (Wildman–Crippen MR) is 77.3 cm³/mol. The molecule has 0 saturated heterocycles. The number of amides is 1. The fraction of sp³-hybridized carbons (Fsp3) is 0.0769. The van der Waals surface area contributed by atoms with Crippen LogP contribution in [0.1, 0.15) is 10.5 Å². The number of nitrogens with one attached hydrogen (secondary N) is 2. The first-order chi connectivity index (χ1) is 10.1. The van der Waals surface area contributed by atoms with Gasteiger partial charge in [-0.15, -0.1) is 0 Å². The SMILES string of the molecule is CNC(=O)c1ccn(-c2nc3ccc(N)cc3c(=O)[nH]2)n1. The highest BCUT2D eigenvalue weighted by atomic mass is 16.2. The Kier molecular flexibility index (Phi) is 2.90. The Morgan fingerprint density at radius 2 is 2.19 bits per heavy atom. The molecule has 0 fully saturated rings. The molecule has 2 aromatic heterocycles. The van der Waals surface area contributed by atoms with Gasteiger partial charge in [0.25, 0.3) is 11.5 Å². The molecule has 0 saturated carbocycles. The zero-order valence-electron chi connectivity index (χ0n) is 11.1. The zero-order valence-corrected chi connectivity index (χ0v) is 11.1. The molecule has 0 spiro atoms. The van der Waals surface area contributed by atoms with Crippen molar-refractivity contribution in [2.24, 2.45) is 0 Å². The molecule has 1 aromatic carbocycles. The van der Waals surface area contributed by atoms with E-state index in [1.807, 2.05) is 0 Å². The predicted octanol–water partition coefficient (Wildman–Crippen LogP) is 0.0506. The molecule has 4 N–H and O–H groups in total. The van der Waals surface area contributed by atoms with Crippen LogP contribution in [0.15, 0.2) is 35.3 Å². The van der Waals surface area contributed by atoms with E-state index in [1.165, 1.54) is 17.8 Å². The number of aromatic amines is 1. The lowest BCUT2D eigenvalue weighted by Gasteiger charge is -2.03. The summed E-state index contributed by atoms with van der Waals surface area (Å²) >= 11 is 0. The molecule has 0 atom stereocenters. The van der Waals surface area contributed by atoms with Crippen molar-refractivity contribution in [2.45, 2.75) is 0 Å². The van der Waals surface area contributed by atoms with E-state index in [0.29, 0.717) is 16.6 Å². The van der Waals surface area contributed by atoms with E-state index in [2.05, 4.69) is 20.4 Å². The molecule has 0 aliphatic rings. The summed E-state index contributed by atoms with van der Waals surface area (Å²) in [6, 6.07) is 6.42. The van der Waals surface area contributed by atoms with Gasteiger partial charge in [0.15, 0.2) is 5.69 Å². The van der Waals surface area contributed by atoms with Gasteiger partial charge in [-0.3, -0.25) is 14.6 Å². The maximum atomic E-state index is 12.1. The van der Waals surface area contributed by atoms with Crippen LogP contribution < -0.4 is 16.6 Å². The standard InChI is InChI=1S/C13H12N6O2/c1-15-12(21)10-4-5-19(18-10)13-16-9-3-2-7(14)6-8(9)11(20)17-13/h2-6H,14H2,1H3,(H,15,21)(H,16,17,20). The fourth-order valence-electron chi connectivity index (χ4n) is 1.94. The van der Waals surface area contributed by atoms with Crippen LogP contribution in [0.4, 0.5) is 5.69 Å². The minimum Gasteiger partial charge on any atom is -0.399 e. The van der Waals surface area contributed by atoms with E-state index >= 15 is 0 Å². The first-order valence-electron chi connectivity index (χ1n) is 6.16. The summed E-state index contributed by atoms with van der Waals surface area (Å²) in [5.41, 5.74) is 6.55. The Morgan fingerprint density at radius 3 is 2.95 bits per heavy atom. The Balaban J connectivity index is 2.13. The smallest absolute Gasteiger partial charge is 0.271 e. The minimum absolute atomic E-state index is 0.229. The van der Waals surface area contributed by atoms with Crippen LogP contribution in [0.3, 0.4) is 0 Å².